The number of aromatic nitrogens is 2. The van der Waals surface area contributed by atoms with E-state index in [1.165, 1.54) is 16.0 Å². The lowest BCUT2D eigenvalue weighted by Gasteiger charge is -2.44. The van der Waals surface area contributed by atoms with Crippen LogP contribution in [-0.2, 0) is 9.53 Å². The van der Waals surface area contributed by atoms with Gasteiger partial charge in [0.05, 0.1) is 18.2 Å². The number of piperazine rings is 1. The van der Waals surface area contributed by atoms with Crippen molar-refractivity contribution in [2.45, 2.75) is 25.9 Å². The number of rotatable bonds is 6. The van der Waals surface area contributed by atoms with Crippen molar-refractivity contribution in [1.29, 1.82) is 0 Å². The van der Waals surface area contributed by atoms with Gasteiger partial charge in [0.15, 0.2) is 5.11 Å². The summed E-state index contributed by atoms with van der Waals surface area (Å²) in [6, 6.07) is 25.0. The van der Waals surface area contributed by atoms with Gasteiger partial charge in [-0.25, -0.2) is 14.2 Å². The molecule has 2 amide bonds. The number of hydrogen-bond donors (Lipinski definition) is 1. The van der Waals surface area contributed by atoms with E-state index in [4.69, 9.17) is 21.6 Å². The Bertz CT molecular complexity index is 1630. The molecule has 1 N–H and O–H groups in total. The summed E-state index contributed by atoms with van der Waals surface area (Å²) in [5.41, 5.74) is 4.73. The van der Waals surface area contributed by atoms with Crippen LogP contribution in [0.2, 0.25) is 0 Å². The number of urea groups is 1. The van der Waals surface area contributed by atoms with Crippen molar-refractivity contribution in [2.24, 2.45) is 0 Å². The number of nitrogens with zero attached hydrogens (tertiary/aromatic N) is 5. The number of amides is 2. The minimum Gasteiger partial charge on any atom is -0.463 e. The molecule has 3 aromatic carbocycles. The topological polar surface area (TPSA) is 104 Å². The molecule has 1 atom stereocenters. The largest absolute Gasteiger partial charge is 0.463 e. The number of carbonyl (C=O) groups is 2. The molecular weight excluding hydrogens is 564 g/mol. The fourth-order valence-electron chi connectivity index (χ4n) is 5.96. The van der Waals surface area contributed by atoms with Crippen molar-refractivity contribution in [2.75, 3.05) is 32.8 Å². The average molecular weight is 597 g/mol. The van der Waals surface area contributed by atoms with Crippen molar-refractivity contribution in [1.82, 2.24) is 30.3 Å². The predicted octanol–water partition coefficient (Wildman–Crippen LogP) is 4.82. The van der Waals surface area contributed by atoms with Gasteiger partial charge in [0.2, 0.25) is 0 Å². The highest BCUT2D eigenvalue weighted by atomic mass is 32.1. The highest BCUT2D eigenvalue weighted by Gasteiger charge is 2.43. The van der Waals surface area contributed by atoms with Crippen LogP contribution < -0.4 is 5.32 Å². The monoisotopic (exact) mass is 596 g/mol. The number of allylic oxidation sites excluding steroid dienone is 1. The second kappa shape index (κ2) is 12.3. The third kappa shape index (κ3) is 5.49. The van der Waals surface area contributed by atoms with Crippen molar-refractivity contribution in [3.63, 3.8) is 0 Å². The Hall–Kier alpha value is -4.61. The Morgan fingerprint density at radius 2 is 1.60 bits per heavy atom. The minimum atomic E-state index is -0.879. The quantitative estimate of drug-likeness (QED) is 0.248. The highest BCUT2D eigenvalue weighted by molar-refractivity contribution is 7.80. The molecule has 4 aromatic rings. The Morgan fingerprint density at radius 1 is 0.953 bits per heavy atom. The molecule has 1 fully saturated rings. The predicted molar refractivity (Wildman–Crippen MR) is 165 cm³/mol. The van der Waals surface area contributed by atoms with Crippen molar-refractivity contribution in [3.05, 3.63) is 107 Å². The lowest BCUT2D eigenvalue weighted by Crippen LogP contribution is -2.58. The van der Waals surface area contributed by atoms with E-state index in [9.17, 15) is 9.59 Å². The van der Waals surface area contributed by atoms with Crippen LogP contribution in [0.4, 0.5) is 4.79 Å². The molecule has 10 nitrogen and oxygen atoms in total. The Morgan fingerprint density at radius 3 is 2.23 bits per heavy atom. The molecule has 3 heterocycles. The summed E-state index contributed by atoms with van der Waals surface area (Å²) in [5, 5.41) is 11.3. The lowest BCUT2D eigenvalue weighted by molar-refractivity contribution is -0.139. The van der Waals surface area contributed by atoms with Gasteiger partial charge in [-0.2, -0.15) is 0 Å². The third-order valence-corrected chi connectivity index (χ3v) is 8.24. The van der Waals surface area contributed by atoms with Crippen LogP contribution >= 0.6 is 12.2 Å². The summed E-state index contributed by atoms with van der Waals surface area (Å²) in [6.45, 7) is 5.94. The standard InChI is InChI=1S/C32H32N6O4S/c1-3-41-30(39)26-21(2)33-31(43)38(29(26)24-15-10-16-25-27(24)35-42-34-25)32(40)37-19-17-36(18-20-37)28(22-11-6-4-7-12-22)23-13-8-5-9-14-23/h4-16,28-29H,3,17-20H2,1-2H3,(H,33,43). The van der Waals surface area contributed by atoms with Crippen LogP contribution in [0.25, 0.3) is 11.0 Å². The summed E-state index contributed by atoms with van der Waals surface area (Å²) >= 11 is 5.74. The molecule has 0 radical (unpaired) electrons. The first-order valence-corrected chi connectivity index (χ1v) is 14.7. The van der Waals surface area contributed by atoms with E-state index in [1.54, 1.807) is 36.9 Å². The third-order valence-electron chi connectivity index (χ3n) is 7.94. The number of thiocarbonyl (C=S) groups is 1. The fraction of sp³-hybridized carbons (Fsp3) is 0.281. The smallest absolute Gasteiger partial charge is 0.338 e. The summed E-state index contributed by atoms with van der Waals surface area (Å²) < 4.78 is 10.4. The number of benzene rings is 3. The molecule has 6 rings (SSSR count). The zero-order valence-electron chi connectivity index (χ0n) is 24.0. The molecule has 2 aliphatic heterocycles. The second-order valence-corrected chi connectivity index (χ2v) is 10.9. The van der Waals surface area contributed by atoms with E-state index in [1.807, 2.05) is 12.1 Å². The van der Waals surface area contributed by atoms with Crippen LogP contribution in [0.5, 0.6) is 0 Å². The molecule has 1 saturated heterocycles. The minimum absolute atomic E-state index is 0.0587. The van der Waals surface area contributed by atoms with E-state index in [0.717, 1.165) is 0 Å². The maximum atomic E-state index is 14.3. The van der Waals surface area contributed by atoms with Crippen molar-refractivity contribution < 1.29 is 19.0 Å². The van der Waals surface area contributed by atoms with Gasteiger partial charge in [0, 0.05) is 37.4 Å². The van der Waals surface area contributed by atoms with E-state index in [-0.39, 0.29) is 29.4 Å². The lowest BCUT2D eigenvalue weighted by atomic mass is 9.93. The van der Waals surface area contributed by atoms with Gasteiger partial charge in [0.1, 0.15) is 17.1 Å². The zero-order chi connectivity index (χ0) is 29.9. The van der Waals surface area contributed by atoms with Gasteiger partial charge in [-0.05, 0) is 53.6 Å². The maximum absolute atomic E-state index is 14.3. The van der Waals surface area contributed by atoms with Gasteiger partial charge >= 0.3 is 12.0 Å². The molecule has 0 saturated carbocycles. The number of hydrogen-bond acceptors (Lipinski definition) is 8. The second-order valence-electron chi connectivity index (χ2n) is 10.5. The normalized spacial score (nSPS) is 17.8. The Balaban J connectivity index is 1.31. The zero-order valence-corrected chi connectivity index (χ0v) is 24.8. The molecule has 1 unspecified atom stereocenters. The number of nitrogens with one attached hydrogen (secondary N) is 1. The Labute approximate surface area is 254 Å². The first kappa shape index (κ1) is 28.5. The van der Waals surface area contributed by atoms with Gasteiger partial charge in [-0.1, -0.05) is 72.8 Å². The number of fused-ring (bicyclic) bond motifs is 1. The van der Waals surface area contributed by atoms with E-state index in [0.29, 0.717) is 48.5 Å². The van der Waals surface area contributed by atoms with Crippen LogP contribution in [0.15, 0.2) is 94.8 Å². The van der Waals surface area contributed by atoms with Crippen LogP contribution in [0, 0.1) is 0 Å². The molecule has 0 aliphatic carbocycles. The van der Waals surface area contributed by atoms with Crippen LogP contribution in [0.1, 0.15) is 42.6 Å². The average Bonchev–Trinajstić information content (AvgIpc) is 3.52. The van der Waals surface area contributed by atoms with Gasteiger partial charge in [-0.3, -0.25) is 9.80 Å². The van der Waals surface area contributed by atoms with E-state index >= 15 is 0 Å². The SMILES string of the molecule is CCOC(=O)C1=C(C)NC(=S)N(C(=O)N2CCN(C(c3ccccc3)c3ccccc3)CC2)C1c1cccc2nonc12. The molecular formula is C32H32N6O4S. The molecule has 43 heavy (non-hydrogen) atoms. The number of esters is 1. The van der Waals surface area contributed by atoms with Crippen molar-refractivity contribution in [3.8, 4) is 0 Å². The molecule has 1 aromatic heterocycles. The highest BCUT2D eigenvalue weighted by Crippen LogP contribution is 2.38. The fourth-order valence-corrected chi connectivity index (χ4v) is 6.30. The van der Waals surface area contributed by atoms with Gasteiger partial charge < -0.3 is 15.0 Å². The summed E-state index contributed by atoms with van der Waals surface area (Å²) in [5.74, 6) is -0.537. The van der Waals surface area contributed by atoms with E-state index in [2.05, 4.69) is 69.1 Å². The molecule has 2 aliphatic rings. The van der Waals surface area contributed by atoms with Crippen LogP contribution in [-0.4, -0.2) is 74.9 Å². The summed E-state index contributed by atoms with van der Waals surface area (Å²) in [7, 11) is 0. The maximum Gasteiger partial charge on any atom is 0.338 e. The van der Waals surface area contributed by atoms with E-state index < -0.39 is 12.0 Å². The van der Waals surface area contributed by atoms with Gasteiger partial charge in [0.25, 0.3) is 0 Å². The number of carbonyl (C=O) groups excluding carboxylic acids is 2. The molecule has 11 heteroatoms. The first-order chi connectivity index (χ1) is 21.0. The molecule has 0 spiro atoms. The van der Waals surface area contributed by atoms with Crippen molar-refractivity contribution >= 4 is 40.4 Å². The number of ether oxygens (including phenoxy) is 1. The first-order valence-electron chi connectivity index (χ1n) is 14.3. The molecule has 220 valence electrons. The van der Waals surface area contributed by atoms with Gasteiger partial charge in [-0.15, -0.1) is 0 Å². The summed E-state index contributed by atoms with van der Waals surface area (Å²) in [4.78, 5) is 33.3. The Kier molecular flexibility index (Phi) is 8.17. The molecule has 0 bridgehead atoms. The van der Waals surface area contributed by atoms with Crippen LogP contribution in [0.3, 0.4) is 0 Å². The summed E-state index contributed by atoms with van der Waals surface area (Å²) in [6.07, 6.45) is 0.